The van der Waals surface area contributed by atoms with Gasteiger partial charge in [0.2, 0.25) is 0 Å². The Morgan fingerprint density at radius 1 is 1.29 bits per heavy atom. The fourth-order valence-corrected chi connectivity index (χ4v) is 2.50. The molecule has 4 heteroatoms. The third-order valence-corrected chi connectivity index (χ3v) is 3.81. The Labute approximate surface area is 123 Å². The van der Waals surface area contributed by atoms with Gasteiger partial charge in [0.1, 0.15) is 30.5 Å². The molecule has 1 aliphatic heterocycles. The molecule has 2 aromatic rings. The molecule has 2 aromatic carbocycles. The monoisotopic (exact) mass is 287 g/mol. The lowest BCUT2D eigenvalue weighted by molar-refractivity contribution is 0.298. The summed E-state index contributed by atoms with van der Waals surface area (Å²) < 4.78 is 24.5. The van der Waals surface area contributed by atoms with Gasteiger partial charge >= 0.3 is 0 Å². The van der Waals surface area contributed by atoms with E-state index in [0.29, 0.717) is 13.2 Å². The molecule has 1 unspecified atom stereocenters. The van der Waals surface area contributed by atoms with Crippen molar-refractivity contribution in [3.63, 3.8) is 0 Å². The second kappa shape index (κ2) is 5.74. The van der Waals surface area contributed by atoms with Crippen LogP contribution in [0.3, 0.4) is 0 Å². The van der Waals surface area contributed by atoms with Crippen molar-refractivity contribution in [2.24, 2.45) is 0 Å². The van der Waals surface area contributed by atoms with Crippen LogP contribution in [0, 0.1) is 12.7 Å². The largest absolute Gasteiger partial charge is 0.491 e. The molecule has 0 spiro atoms. The number of benzene rings is 2. The van der Waals surface area contributed by atoms with Crippen LogP contribution in [-0.4, -0.2) is 13.7 Å². The van der Waals surface area contributed by atoms with Gasteiger partial charge in [-0.2, -0.15) is 0 Å². The van der Waals surface area contributed by atoms with Crippen molar-refractivity contribution in [2.45, 2.75) is 19.6 Å². The zero-order valence-electron chi connectivity index (χ0n) is 12.2. The topological polar surface area (TPSA) is 30.5 Å². The van der Waals surface area contributed by atoms with Crippen molar-refractivity contribution in [1.29, 1.82) is 0 Å². The summed E-state index contributed by atoms with van der Waals surface area (Å²) >= 11 is 0. The van der Waals surface area contributed by atoms with Crippen molar-refractivity contribution in [2.75, 3.05) is 13.7 Å². The van der Waals surface area contributed by atoms with Gasteiger partial charge in [-0.25, -0.2) is 4.39 Å². The highest BCUT2D eigenvalue weighted by Gasteiger charge is 2.22. The van der Waals surface area contributed by atoms with Crippen LogP contribution in [0.4, 0.5) is 4.39 Å². The van der Waals surface area contributed by atoms with Crippen molar-refractivity contribution < 1.29 is 13.9 Å². The van der Waals surface area contributed by atoms with Crippen LogP contribution in [0.25, 0.3) is 0 Å². The van der Waals surface area contributed by atoms with E-state index in [9.17, 15) is 4.39 Å². The van der Waals surface area contributed by atoms with Crippen molar-refractivity contribution in [1.82, 2.24) is 5.32 Å². The van der Waals surface area contributed by atoms with Crippen molar-refractivity contribution in [3.05, 3.63) is 58.9 Å². The van der Waals surface area contributed by atoms with Crippen molar-refractivity contribution in [3.8, 4) is 11.5 Å². The van der Waals surface area contributed by atoms with Gasteiger partial charge in [-0.05, 0) is 49.4 Å². The molecule has 0 amide bonds. The van der Waals surface area contributed by atoms with Gasteiger partial charge in [0, 0.05) is 11.6 Å². The number of fused-ring (bicyclic) bond motifs is 1. The Morgan fingerprint density at radius 3 is 2.90 bits per heavy atom. The lowest BCUT2D eigenvalue weighted by atomic mass is 10.1. The summed E-state index contributed by atoms with van der Waals surface area (Å²) in [6, 6.07) is 10.8. The van der Waals surface area contributed by atoms with Gasteiger partial charge in [-0.3, -0.25) is 0 Å². The molecule has 0 saturated heterocycles. The number of hydrogen-bond donors (Lipinski definition) is 1. The Morgan fingerprint density at radius 2 is 2.14 bits per heavy atom. The molecule has 21 heavy (non-hydrogen) atoms. The van der Waals surface area contributed by atoms with Gasteiger partial charge in [0.25, 0.3) is 0 Å². The molecular weight excluding hydrogens is 269 g/mol. The van der Waals surface area contributed by atoms with E-state index in [4.69, 9.17) is 9.47 Å². The predicted octanol–water partition coefficient (Wildman–Crippen LogP) is 3.37. The van der Waals surface area contributed by atoms with Crippen LogP contribution >= 0.6 is 0 Å². The lowest BCUT2D eigenvalue weighted by Gasteiger charge is -2.10. The molecule has 110 valence electrons. The van der Waals surface area contributed by atoms with E-state index in [1.165, 1.54) is 12.1 Å². The highest BCUT2D eigenvalue weighted by atomic mass is 19.1. The number of halogens is 1. The zero-order valence-corrected chi connectivity index (χ0v) is 12.2. The standard InChI is InChI=1S/C17H18FNO2/c1-11-7-13(18)4-3-12(11)9-20-14-5-6-15-16(19-2)10-21-17(15)8-14/h3-8,16,19H,9-10H2,1-2H3. The second-order valence-electron chi connectivity index (χ2n) is 5.21. The molecule has 1 N–H and O–H groups in total. The maximum atomic E-state index is 13.1. The average molecular weight is 287 g/mol. The fraction of sp³-hybridized carbons (Fsp3) is 0.294. The zero-order chi connectivity index (χ0) is 14.8. The van der Waals surface area contributed by atoms with Crippen LogP contribution < -0.4 is 14.8 Å². The molecule has 0 radical (unpaired) electrons. The van der Waals surface area contributed by atoms with Crippen LogP contribution in [0.1, 0.15) is 22.7 Å². The van der Waals surface area contributed by atoms with E-state index in [2.05, 4.69) is 5.32 Å². The van der Waals surface area contributed by atoms with Gasteiger partial charge in [0.05, 0.1) is 6.04 Å². The molecule has 1 atom stereocenters. The van der Waals surface area contributed by atoms with Crippen LogP contribution in [-0.2, 0) is 6.61 Å². The van der Waals surface area contributed by atoms with Gasteiger partial charge in [0.15, 0.2) is 0 Å². The Hall–Kier alpha value is -2.07. The first-order valence-electron chi connectivity index (χ1n) is 6.99. The van der Waals surface area contributed by atoms with E-state index < -0.39 is 0 Å². The summed E-state index contributed by atoms with van der Waals surface area (Å²) in [5.41, 5.74) is 3.02. The molecule has 3 rings (SSSR count). The van der Waals surface area contributed by atoms with E-state index in [1.807, 2.05) is 32.2 Å². The molecule has 0 aromatic heterocycles. The van der Waals surface area contributed by atoms with Crippen molar-refractivity contribution >= 4 is 0 Å². The summed E-state index contributed by atoms with van der Waals surface area (Å²) in [6.45, 7) is 2.94. The van der Waals surface area contributed by atoms with E-state index >= 15 is 0 Å². The normalized spacial score (nSPS) is 16.4. The summed E-state index contributed by atoms with van der Waals surface area (Å²) in [5.74, 6) is 1.40. The summed E-state index contributed by atoms with van der Waals surface area (Å²) in [4.78, 5) is 0. The molecule has 3 nitrogen and oxygen atoms in total. The molecule has 0 aliphatic carbocycles. The summed E-state index contributed by atoms with van der Waals surface area (Å²) in [7, 11) is 1.92. The van der Waals surface area contributed by atoms with Gasteiger partial charge in [-0.1, -0.05) is 6.07 Å². The molecule has 0 saturated carbocycles. The minimum atomic E-state index is -0.222. The minimum Gasteiger partial charge on any atom is -0.491 e. The Bertz CT molecular complexity index is 657. The SMILES string of the molecule is CNC1COc2cc(OCc3ccc(F)cc3C)ccc21. The quantitative estimate of drug-likeness (QED) is 0.935. The van der Waals surface area contributed by atoms with E-state index in [0.717, 1.165) is 28.2 Å². The number of ether oxygens (including phenoxy) is 2. The third-order valence-electron chi connectivity index (χ3n) is 3.81. The number of likely N-dealkylation sites (N-methyl/N-ethyl adjacent to an activating group) is 1. The second-order valence-corrected chi connectivity index (χ2v) is 5.21. The van der Waals surface area contributed by atoms with Crippen LogP contribution in [0.2, 0.25) is 0 Å². The number of rotatable bonds is 4. The fourth-order valence-electron chi connectivity index (χ4n) is 2.50. The Balaban J connectivity index is 1.72. The molecule has 1 heterocycles. The first kappa shape index (κ1) is 13.9. The Kier molecular flexibility index (Phi) is 3.80. The lowest BCUT2D eigenvalue weighted by Crippen LogP contribution is -2.17. The van der Waals surface area contributed by atoms with E-state index in [1.54, 1.807) is 6.07 Å². The molecule has 0 bridgehead atoms. The van der Waals surface area contributed by atoms with Crippen LogP contribution in [0.5, 0.6) is 11.5 Å². The molecular formula is C17H18FNO2. The first-order valence-corrected chi connectivity index (χ1v) is 6.99. The summed E-state index contributed by atoms with van der Waals surface area (Å²) in [5, 5.41) is 3.21. The smallest absolute Gasteiger partial charge is 0.127 e. The molecule has 0 fully saturated rings. The van der Waals surface area contributed by atoms with Crippen LogP contribution in [0.15, 0.2) is 36.4 Å². The number of nitrogens with one attached hydrogen (secondary N) is 1. The van der Waals surface area contributed by atoms with Gasteiger partial charge in [-0.15, -0.1) is 0 Å². The third kappa shape index (κ3) is 2.85. The number of aryl methyl sites for hydroxylation is 1. The maximum Gasteiger partial charge on any atom is 0.127 e. The molecule has 1 aliphatic rings. The highest BCUT2D eigenvalue weighted by Crippen LogP contribution is 2.35. The maximum absolute atomic E-state index is 13.1. The first-order chi connectivity index (χ1) is 10.2. The number of hydrogen-bond acceptors (Lipinski definition) is 3. The van der Waals surface area contributed by atoms with E-state index in [-0.39, 0.29) is 11.9 Å². The highest BCUT2D eigenvalue weighted by molar-refractivity contribution is 5.45. The minimum absolute atomic E-state index is 0.222. The predicted molar refractivity (Wildman–Crippen MR) is 79.2 cm³/mol. The van der Waals surface area contributed by atoms with Gasteiger partial charge < -0.3 is 14.8 Å². The average Bonchev–Trinajstić information content (AvgIpc) is 2.88. The summed E-state index contributed by atoms with van der Waals surface area (Å²) in [6.07, 6.45) is 0.